The molecule has 0 radical (unpaired) electrons. The normalized spacial score (nSPS) is 10.8. The molecule has 100 valence electrons. The van der Waals surface area contributed by atoms with Gasteiger partial charge in [-0.3, -0.25) is 0 Å². The van der Waals surface area contributed by atoms with Crippen LogP contribution in [0.15, 0.2) is 48.5 Å². The molecule has 0 bridgehead atoms. The molecule has 1 heterocycles. The molecule has 20 heavy (non-hydrogen) atoms. The topological polar surface area (TPSA) is 22.1 Å². The van der Waals surface area contributed by atoms with E-state index < -0.39 is 0 Å². The lowest BCUT2D eigenvalue weighted by Crippen LogP contribution is -1.93. The summed E-state index contributed by atoms with van der Waals surface area (Å²) < 4.78 is 5.92. The average molecular weight is 284 g/mol. The van der Waals surface area contributed by atoms with Crippen molar-refractivity contribution in [2.24, 2.45) is 0 Å². The van der Waals surface area contributed by atoms with Gasteiger partial charge in [-0.2, -0.15) is 0 Å². The van der Waals surface area contributed by atoms with Crippen LogP contribution in [0.3, 0.4) is 0 Å². The summed E-state index contributed by atoms with van der Waals surface area (Å²) in [5.41, 5.74) is 2.73. The third-order valence-electron chi connectivity index (χ3n) is 3.36. The van der Waals surface area contributed by atoms with E-state index in [1.807, 2.05) is 62.4 Å². The molecule has 2 aromatic carbocycles. The number of hydrogen-bond acceptors (Lipinski definition) is 2. The van der Waals surface area contributed by atoms with Crippen molar-refractivity contribution in [3.8, 4) is 11.5 Å². The molecule has 0 aliphatic carbocycles. The first-order chi connectivity index (χ1) is 9.66. The van der Waals surface area contributed by atoms with E-state index in [9.17, 15) is 0 Å². The minimum Gasteiger partial charge on any atom is -0.455 e. The Labute approximate surface area is 123 Å². The number of ether oxygens (including phenoxy) is 1. The molecule has 0 unspecified atom stereocenters. The molecule has 3 heteroatoms. The first kappa shape index (κ1) is 12.9. The molecule has 0 atom stereocenters. The first-order valence-corrected chi connectivity index (χ1v) is 6.83. The second-order valence-electron chi connectivity index (χ2n) is 4.70. The van der Waals surface area contributed by atoms with Crippen LogP contribution in [0.4, 0.5) is 0 Å². The lowest BCUT2D eigenvalue weighted by molar-refractivity contribution is 0.487. The van der Waals surface area contributed by atoms with E-state index in [0.29, 0.717) is 0 Å². The van der Waals surface area contributed by atoms with Gasteiger partial charge >= 0.3 is 0 Å². The standard InChI is InChI=1S/C17H14ClNO/c1-11-12(2)19-17-14(16(11)18)9-6-10-15(17)20-13-7-4-3-5-8-13/h3-10H,1-2H3. The Morgan fingerprint density at radius 2 is 1.70 bits per heavy atom. The highest BCUT2D eigenvalue weighted by molar-refractivity contribution is 6.36. The average Bonchev–Trinajstić information content (AvgIpc) is 2.47. The maximum Gasteiger partial charge on any atom is 0.153 e. The van der Waals surface area contributed by atoms with Crippen LogP contribution in [0, 0.1) is 13.8 Å². The largest absolute Gasteiger partial charge is 0.455 e. The van der Waals surface area contributed by atoms with E-state index in [0.717, 1.165) is 38.7 Å². The Hall–Kier alpha value is -2.06. The number of halogens is 1. The van der Waals surface area contributed by atoms with E-state index in [2.05, 4.69) is 4.98 Å². The van der Waals surface area contributed by atoms with E-state index >= 15 is 0 Å². The molecule has 0 N–H and O–H groups in total. The second-order valence-corrected chi connectivity index (χ2v) is 5.08. The fourth-order valence-corrected chi connectivity index (χ4v) is 2.41. The molecule has 3 aromatic rings. The van der Waals surface area contributed by atoms with Crippen LogP contribution in [0.5, 0.6) is 11.5 Å². The SMILES string of the molecule is Cc1nc2c(Oc3ccccc3)cccc2c(Cl)c1C. The fourth-order valence-electron chi connectivity index (χ4n) is 2.13. The Kier molecular flexibility index (Phi) is 3.33. The van der Waals surface area contributed by atoms with Crippen molar-refractivity contribution in [1.29, 1.82) is 0 Å². The molecule has 0 saturated carbocycles. The number of aryl methyl sites for hydroxylation is 1. The maximum atomic E-state index is 6.41. The van der Waals surface area contributed by atoms with Crippen LogP contribution in [0.2, 0.25) is 5.02 Å². The number of fused-ring (bicyclic) bond motifs is 1. The van der Waals surface area contributed by atoms with Gasteiger partial charge in [0.2, 0.25) is 0 Å². The molecular weight excluding hydrogens is 270 g/mol. The summed E-state index contributed by atoms with van der Waals surface area (Å²) in [6.45, 7) is 3.94. The molecule has 0 amide bonds. The summed E-state index contributed by atoms with van der Waals surface area (Å²) in [4.78, 5) is 4.62. The second kappa shape index (κ2) is 5.14. The number of rotatable bonds is 2. The highest BCUT2D eigenvalue weighted by atomic mass is 35.5. The lowest BCUT2D eigenvalue weighted by atomic mass is 10.1. The van der Waals surface area contributed by atoms with Gasteiger partial charge in [0.25, 0.3) is 0 Å². The monoisotopic (exact) mass is 283 g/mol. The molecule has 3 rings (SSSR count). The smallest absolute Gasteiger partial charge is 0.153 e. The number of para-hydroxylation sites is 2. The predicted octanol–water partition coefficient (Wildman–Crippen LogP) is 5.30. The van der Waals surface area contributed by atoms with E-state index in [4.69, 9.17) is 16.3 Å². The van der Waals surface area contributed by atoms with Gasteiger partial charge in [-0.15, -0.1) is 0 Å². The quantitative estimate of drug-likeness (QED) is 0.637. The minimum atomic E-state index is 0.721. The van der Waals surface area contributed by atoms with E-state index in [1.54, 1.807) is 0 Å². The summed E-state index contributed by atoms with van der Waals surface area (Å²) in [5, 5.41) is 1.66. The van der Waals surface area contributed by atoms with Gasteiger partial charge in [0.05, 0.1) is 5.02 Å². The van der Waals surface area contributed by atoms with Crippen molar-refractivity contribution < 1.29 is 4.74 Å². The molecular formula is C17H14ClNO. The van der Waals surface area contributed by atoms with E-state index in [-0.39, 0.29) is 0 Å². The molecule has 0 aliphatic rings. The van der Waals surface area contributed by atoms with Gasteiger partial charge in [0.1, 0.15) is 11.3 Å². The van der Waals surface area contributed by atoms with Crippen molar-refractivity contribution in [2.75, 3.05) is 0 Å². The summed E-state index contributed by atoms with van der Waals surface area (Å²) in [6, 6.07) is 15.5. The zero-order valence-electron chi connectivity index (χ0n) is 11.4. The fraction of sp³-hybridized carbons (Fsp3) is 0.118. The Morgan fingerprint density at radius 1 is 0.950 bits per heavy atom. The highest BCUT2D eigenvalue weighted by Gasteiger charge is 2.11. The van der Waals surface area contributed by atoms with Crippen LogP contribution in [0.25, 0.3) is 10.9 Å². The van der Waals surface area contributed by atoms with Crippen molar-refractivity contribution >= 4 is 22.5 Å². The molecule has 0 saturated heterocycles. The Balaban J connectivity index is 2.17. The summed E-state index contributed by atoms with van der Waals surface area (Å²) >= 11 is 6.41. The first-order valence-electron chi connectivity index (χ1n) is 6.45. The number of hydrogen-bond donors (Lipinski definition) is 0. The summed E-state index contributed by atoms with van der Waals surface area (Å²) in [7, 11) is 0. The number of pyridine rings is 1. The van der Waals surface area contributed by atoms with Crippen molar-refractivity contribution in [2.45, 2.75) is 13.8 Å². The maximum absolute atomic E-state index is 6.41. The zero-order valence-corrected chi connectivity index (χ0v) is 12.1. The Morgan fingerprint density at radius 3 is 2.45 bits per heavy atom. The van der Waals surface area contributed by atoms with Crippen LogP contribution in [-0.2, 0) is 0 Å². The summed E-state index contributed by atoms with van der Waals surface area (Å²) in [5.74, 6) is 1.51. The van der Waals surface area contributed by atoms with Crippen LogP contribution in [-0.4, -0.2) is 4.98 Å². The van der Waals surface area contributed by atoms with Gasteiger partial charge in [-0.25, -0.2) is 4.98 Å². The van der Waals surface area contributed by atoms with Gasteiger partial charge in [0.15, 0.2) is 5.75 Å². The van der Waals surface area contributed by atoms with Crippen LogP contribution < -0.4 is 4.74 Å². The van der Waals surface area contributed by atoms with Crippen molar-refractivity contribution in [3.63, 3.8) is 0 Å². The lowest BCUT2D eigenvalue weighted by Gasteiger charge is -2.11. The summed E-state index contributed by atoms with van der Waals surface area (Å²) in [6.07, 6.45) is 0. The van der Waals surface area contributed by atoms with Gasteiger partial charge in [-0.1, -0.05) is 41.9 Å². The molecule has 0 spiro atoms. The number of benzene rings is 2. The third kappa shape index (κ3) is 2.23. The molecule has 1 aromatic heterocycles. The molecule has 2 nitrogen and oxygen atoms in total. The minimum absolute atomic E-state index is 0.721. The predicted molar refractivity (Wildman–Crippen MR) is 82.7 cm³/mol. The zero-order chi connectivity index (χ0) is 14.1. The van der Waals surface area contributed by atoms with Gasteiger partial charge in [-0.05, 0) is 37.6 Å². The molecule has 0 aliphatic heterocycles. The van der Waals surface area contributed by atoms with E-state index in [1.165, 1.54) is 0 Å². The van der Waals surface area contributed by atoms with Crippen LogP contribution in [0.1, 0.15) is 11.3 Å². The highest BCUT2D eigenvalue weighted by Crippen LogP contribution is 2.34. The van der Waals surface area contributed by atoms with Crippen LogP contribution >= 0.6 is 11.6 Å². The van der Waals surface area contributed by atoms with Gasteiger partial charge < -0.3 is 4.74 Å². The van der Waals surface area contributed by atoms with Crippen molar-refractivity contribution in [1.82, 2.24) is 4.98 Å². The number of nitrogens with zero attached hydrogens (tertiary/aromatic N) is 1. The van der Waals surface area contributed by atoms with Crippen molar-refractivity contribution in [3.05, 3.63) is 64.8 Å². The third-order valence-corrected chi connectivity index (χ3v) is 3.85. The van der Waals surface area contributed by atoms with Gasteiger partial charge in [0, 0.05) is 11.1 Å². The number of aromatic nitrogens is 1. The molecule has 0 fully saturated rings. The Bertz CT molecular complexity index is 769.